The third kappa shape index (κ3) is 4.35. The van der Waals surface area contributed by atoms with Crippen molar-refractivity contribution in [3.63, 3.8) is 0 Å². The third-order valence-electron chi connectivity index (χ3n) is 3.93. The highest BCUT2D eigenvalue weighted by atomic mass is 32.2. The molecule has 0 heterocycles. The lowest BCUT2D eigenvalue weighted by Crippen LogP contribution is -2.29. The molecule has 3 N–H and O–H groups in total. The molecule has 1 aromatic rings. The SMILES string of the molecule is CCC(CC)CN(CC)c1ccc(S(=O)(=O)NC)cc1N. The highest BCUT2D eigenvalue weighted by Crippen LogP contribution is 2.27. The van der Waals surface area contributed by atoms with Crippen molar-refractivity contribution >= 4 is 21.4 Å². The van der Waals surface area contributed by atoms with Gasteiger partial charge < -0.3 is 10.6 Å². The summed E-state index contributed by atoms with van der Waals surface area (Å²) in [6, 6.07) is 4.93. The van der Waals surface area contributed by atoms with Crippen LogP contribution in [0.5, 0.6) is 0 Å². The van der Waals surface area contributed by atoms with Gasteiger partial charge in [0, 0.05) is 13.1 Å². The van der Waals surface area contributed by atoms with Gasteiger partial charge in [0.25, 0.3) is 0 Å². The predicted octanol–water partition coefficient (Wildman–Crippen LogP) is 2.44. The Hall–Kier alpha value is -1.27. The van der Waals surface area contributed by atoms with E-state index in [1.807, 2.05) is 0 Å². The molecular weight excluding hydrogens is 286 g/mol. The van der Waals surface area contributed by atoms with Crippen LogP contribution in [0, 0.1) is 5.92 Å². The van der Waals surface area contributed by atoms with Crippen molar-refractivity contribution in [3.8, 4) is 0 Å². The Morgan fingerprint density at radius 1 is 1.24 bits per heavy atom. The van der Waals surface area contributed by atoms with Crippen molar-refractivity contribution < 1.29 is 8.42 Å². The number of nitrogens with zero attached hydrogens (tertiary/aromatic N) is 1. The molecule has 0 aliphatic carbocycles. The van der Waals surface area contributed by atoms with Gasteiger partial charge in [-0.25, -0.2) is 13.1 Å². The Labute approximate surface area is 128 Å². The lowest BCUT2D eigenvalue weighted by atomic mass is 10.0. The summed E-state index contributed by atoms with van der Waals surface area (Å²) in [4.78, 5) is 2.41. The molecule has 0 saturated heterocycles. The zero-order valence-electron chi connectivity index (χ0n) is 13.4. The highest BCUT2D eigenvalue weighted by molar-refractivity contribution is 7.89. The monoisotopic (exact) mass is 313 g/mol. The van der Waals surface area contributed by atoms with E-state index in [4.69, 9.17) is 5.73 Å². The minimum atomic E-state index is -3.45. The van der Waals surface area contributed by atoms with Crippen LogP contribution in [-0.4, -0.2) is 28.6 Å². The van der Waals surface area contributed by atoms with Crippen molar-refractivity contribution in [2.24, 2.45) is 5.92 Å². The molecular formula is C15H27N3O2S. The Kier molecular flexibility index (Phi) is 6.48. The lowest BCUT2D eigenvalue weighted by Gasteiger charge is -2.28. The second-order valence-corrected chi connectivity index (χ2v) is 7.04. The first-order valence-corrected chi connectivity index (χ1v) is 8.95. The average molecular weight is 313 g/mol. The molecule has 0 spiro atoms. The predicted molar refractivity (Wildman–Crippen MR) is 89.1 cm³/mol. The van der Waals surface area contributed by atoms with Crippen molar-refractivity contribution in [2.75, 3.05) is 30.8 Å². The lowest BCUT2D eigenvalue weighted by molar-refractivity contribution is 0.486. The Morgan fingerprint density at radius 3 is 2.29 bits per heavy atom. The third-order valence-corrected chi connectivity index (χ3v) is 5.35. The van der Waals surface area contributed by atoms with Crippen molar-refractivity contribution in [1.29, 1.82) is 0 Å². The smallest absolute Gasteiger partial charge is 0.240 e. The molecule has 0 amide bonds. The maximum Gasteiger partial charge on any atom is 0.240 e. The molecule has 0 atom stereocenters. The van der Waals surface area contributed by atoms with Crippen LogP contribution in [0.3, 0.4) is 0 Å². The van der Waals surface area contributed by atoms with Crippen molar-refractivity contribution in [3.05, 3.63) is 18.2 Å². The van der Waals surface area contributed by atoms with Crippen LogP contribution in [-0.2, 0) is 10.0 Å². The number of hydrogen-bond acceptors (Lipinski definition) is 4. The van der Waals surface area contributed by atoms with Crippen LogP contribution in [0.1, 0.15) is 33.6 Å². The highest BCUT2D eigenvalue weighted by Gasteiger charge is 2.17. The minimum Gasteiger partial charge on any atom is -0.397 e. The second kappa shape index (κ2) is 7.66. The number of nitrogens with one attached hydrogen (secondary N) is 1. The van der Waals surface area contributed by atoms with E-state index >= 15 is 0 Å². The molecule has 5 nitrogen and oxygen atoms in total. The summed E-state index contributed by atoms with van der Waals surface area (Å²) in [5, 5.41) is 0. The van der Waals surface area contributed by atoms with Crippen molar-refractivity contribution in [1.82, 2.24) is 4.72 Å². The molecule has 0 aromatic heterocycles. The standard InChI is InChI=1S/C15H27N3O2S/c1-5-12(6-2)11-18(7-3)15-9-8-13(10-14(15)16)21(19,20)17-4/h8-10,12,17H,5-7,11,16H2,1-4H3. The number of hydrogen-bond donors (Lipinski definition) is 2. The number of nitrogens with two attached hydrogens (primary N) is 1. The van der Waals surface area contributed by atoms with Crippen LogP contribution in [0.4, 0.5) is 11.4 Å². The maximum atomic E-state index is 11.8. The van der Waals surface area contributed by atoms with E-state index < -0.39 is 10.0 Å². The largest absolute Gasteiger partial charge is 0.397 e. The molecule has 0 unspecified atom stereocenters. The summed E-state index contributed by atoms with van der Waals surface area (Å²) in [6.45, 7) is 8.24. The summed E-state index contributed by atoms with van der Waals surface area (Å²) in [5.41, 5.74) is 7.48. The normalized spacial score (nSPS) is 11.9. The Bertz CT molecular complexity index is 554. The average Bonchev–Trinajstić information content (AvgIpc) is 2.49. The van der Waals surface area contributed by atoms with Gasteiger partial charge >= 0.3 is 0 Å². The van der Waals surface area contributed by atoms with Crippen molar-refractivity contribution in [2.45, 2.75) is 38.5 Å². The van der Waals surface area contributed by atoms with Gasteiger partial charge in [-0.1, -0.05) is 26.7 Å². The first kappa shape index (κ1) is 17.8. The minimum absolute atomic E-state index is 0.199. The van der Waals surface area contributed by atoms with Gasteiger partial charge in [-0.2, -0.15) is 0 Å². The fraction of sp³-hybridized carbons (Fsp3) is 0.600. The molecule has 21 heavy (non-hydrogen) atoms. The summed E-state index contributed by atoms with van der Waals surface area (Å²) in [7, 11) is -2.06. The van der Waals surface area contributed by atoms with Gasteiger partial charge in [0.1, 0.15) is 0 Å². The summed E-state index contributed by atoms with van der Waals surface area (Å²) >= 11 is 0. The molecule has 0 saturated carbocycles. The zero-order chi connectivity index (χ0) is 16.0. The quantitative estimate of drug-likeness (QED) is 0.723. The van der Waals surface area contributed by atoms with Gasteiger partial charge in [0.2, 0.25) is 10.0 Å². The first-order valence-electron chi connectivity index (χ1n) is 7.47. The van der Waals surface area contributed by atoms with Gasteiger partial charge in [0.05, 0.1) is 16.3 Å². The number of rotatable bonds is 8. The zero-order valence-corrected chi connectivity index (χ0v) is 14.2. The van der Waals surface area contributed by atoms with Gasteiger partial charge in [-0.05, 0) is 38.1 Å². The second-order valence-electron chi connectivity index (χ2n) is 5.15. The summed E-state index contributed by atoms with van der Waals surface area (Å²) in [5.74, 6) is 0.616. The molecule has 1 aromatic carbocycles. The molecule has 120 valence electrons. The Balaban J connectivity index is 3.07. The summed E-state index contributed by atoms with van der Waals surface area (Å²) < 4.78 is 25.9. The molecule has 1 rings (SSSR count). The van der Waals surface area contributed by atoms with Crippen LogP contribution >= 0.6 is 0 Å². The number of benzene rings is 1. The number of sulfonamides is 1. The van der Waals surface area contributed by atoms with E-state index in [0.29, 0.717) is 11.6 Å². The van der Waals surface area contributed by atoms with Gasteiger partial charge in [0.15, 0.2) is 0 Å². The van der Waals surface area contributed by atoms with Crippen LogP contribution < -0.4 is 15.4 Å². The van der Waals surface area contributed by atoms with Crippen LogP contribution in [0.2, 0.25) is 0 Å². The fourth-order valence-corrected chi connectivity index (χ4v) is 3.13. The van der Waals surface area contributed by atoms with E-state index in [0.717, 1.165) is 31.6 Å². The topological polar surface area (TPSA) is 75.4 Å². The van der Waals surface area contributed by atoms with E-state index in [1.54, 1.807) is 12.1 Å². The van der Waals surface area contributed by atoms with E-state index in [9.17, 15) is 8.42 Å². The van der Waals surface area contributed by atoms with Gasteiger partial charge in [-0.3, -0.25) is 0 Å². The number of anilines is 2. The van der Waals surface area contributed by atoms with Gasteiger partial charge in [-0.15, -0.1) is 0 Å². The Morgan fingerprint density at radius 2 is 1.86 bits per heavy atom. The molecule has 6 heteroatoms. The van der Waals surface area contributed by atoms with E-state index in [2.05, 4.69) is 30.4 Å². The van der Waals surface area contributed by atoms with Crippen LogP contribution in [0.25, 0.3) is 0 Å². The molecule has 0 bridgehead atoms. The number of nitrogen functional groups attached to an aromatic ring is 1. The first-order chi connectivity index (χ1) is 9.89. The van der Waals surface area contributed by atoms with Crippen LogP contribution in [0.15, 0.2) is 23.1 Å². The molecule has 0 aliphatic heterocycles. The molecule has 0 radical (unpaired) electrons. The summed E-state index contributed by atoms with van der Waals surface area (Å²) in [6.07, 6.45) is 2.25. The fourth-order valence-electron chi connectivity index (χ4n) is 2.36. The molecule has 0 fully saturated rings. The molecule has 0 aliphatic rings. The van der Waals surface area contributed by atoms with E-state index in [-0.39, 0.29) is 4.90 Å². The maximum absolute atomic E-state index is 11.8. The van der Waals surface area contributed by atoms with E-state index in [1.165, 1.54) is 13.1 Å².